The summed E-state index contributed by atoms with van der Waals surface area (Å²) in [5, 5.41) is 8.29. The van der Waals surface area contributed by atoms with Crippen molar-refractivity contribution >= 4 is 62.1 Å². The van der Waals surface area contributed by atoms with Gasteiger partial charge in [-0.25, -0.2) is 9.78 Å². The summed E-state index contributed by atoms with van der Waals surface area (Å²) in [4.78, 5) is 26.6. The van der Waals surface area contributed by atoms with Crippen LogP contribution >= 0.6 is 27.3 Å². The average molecular weight is 588 g/mol. The summed E-state index contributed by atoms with van der Waals surface area (Å²) in [6.45, 7) is 4.62. The van der Waals surface area contributed by atoms with Crippen molar-refractivity contribution in [1.82, 2.24) is 14.9 Å². The molecule has 2 fully saturated rings. The van der Waals surface area contributed by atoms with E-state index in [2.05, 4.69) is 58.5 Å². The molecule has 2 N–H and O–H groups in total. The van der Waals surface area contributed by atoms with Crippen LogP contribution in [0.1, 0.15) is 35.4 Å². The van der Waals surface area contributed by atoms with E-state index in [-0.39, 0.29) is 0 Å². The lowest BCUT2D eigenvalue weighted by atomic mass is 10.0. The molecular formula is C26H31BrN6O3S. The van der Waals surface area contributed by atoms with Crippen LogP contribution in [-0.2, 0) is 4.74 Å². The highest BCUT2D eigenvalue weighted by molar-refractivity contribution is 9.10. The molecule has 3 aromatic rings. The van der Waals surface area contributed by atoms with Gasteiger partial charge in [0.25, 0.3) is 0 Å². The number of rotatable bonds is 8. The maximum absolute atomic E-state index is 12.0. The fraction of sp³-hybridized carbons (Fsp3) is 0.423. The number of hydrogen-bond acceptors (Lipinski definition) is 10. The number of nitrogens with zero attached hydrogens (tertiary/aromatic N) is 4. The largest absolute Gasteiger partial charge is 0.494 e. The standard InChI is InChI=1S/C26H31BrN6O3S/c1-35-22-15-18(33-12-7-17(8-13-33)32-10-3-4-11-32)5-6-20(22)30-26-28-16-19(27)24(31-26)29-21-9-14-37-23(21)25(34)36-2/h5-6,9,14-17H,3-4,7-8,10-13H2,1-2H3,(H2,28,29,30,31). The van der Waals surface area contributed by atoms with Gasteiger partial charge in [0.05, 0.1) is 30.1 Å². The number of aromatic nitrogens is 2. The molecule has 0 saturated carbocycles. The van der Waals surface area contributed by atoms with Crippen LogP contribution in [0.15, 0.2) is 40.3 Å². The Balaban J connectivity index is 1.28. The van der Waals surface area contributed by atoms with Crippen LogP contribution in [0.3, 0.4) is 0 Å². The first-order valence-corrected chi connectivity index (χ1v) is 14.1. The average Bonchev–Trinajstić information content (AvgIpc) is 3.63. The molecule has 0 radical (unpaired) electrons. The minimum absolute atomic E-state index is 0.397. The van der Waals surface area contributed by atoms with Crippen molar-refractivity contribution in [3.8, 4) is 5.75 Å². The first-order valence-electron chi connectivity index (χ1n) is 12.4. The summed E-state index contributed by atoms with van der Waals surface area (Å²) in [5.41, 5.74) is 2.56. The summed E-state index contributed by atoms with van der Waals surface area (Å²) in [6, 6.07) is 8.73. The van der Waals surface area contributed by atoms with E-state index < -0.39 is 5.97 Å². The number of halogens is 1. The highest BCUT2D eigenvalue weighted by Crippen LogP contribution is 2.35. The third-order valence-corrected chi connectivity index (χ3v) is 8.43. The molecule has 37 heavy (non-hydrogen) atoms. The quantitative estimate of drug-likeness (QED) is 0.325. The van der Waals surface area contributed by atoms with Crippen molar-refractivity contribution < 1.29 is 14.3 Å². The van der Waals surface area contributed by atoms with Crippen LogP contribution in [0.4, 0.5) is 28.8 Å². The third-order valence-electron chi connectivity index (χ3n) is 6.95. The summed E-state index contributed by atoms with van der Waals surface area (Å²) in [7, 11) is 3.04. The number of esters is 1. The first-order chi connectivity index (χ1) is 18.1. The fourth-order valence-corrected chi connectivity index (χ4v) is 6.05. The molecule has 2 aromatic heterocycles. The van der Waals surface area contributed by atoms with Crippen LogP contribution in [0.2, 0.25) is 0 Å². The Bertz CT molecular complexity index is 1240. The number of nitrogens with one attached hydrogen (secondary N) is 2. The maximum Gasteiger partial charge on any atom is 0.350 e. The minimum Gasteiger partial charge on any atom is -0.494 e. The van der Waals surface area contributed by atoms with E-state index in [0.717, 1.165) is 36.3 Å². The Labute approximate surface area is 229 Å². The summed E-state index contributed by atoms with van der Waals surface area (Å²) in [6.07, 6.45) is 6.74. The molecule has 2 aliphatic rings. The Morgan fingerprint density at radius 2 is 1.86 bits per heavy atom. The summed E-state index contributed by atoms with van der Waals surface area (Å²) < 4.78 is 11.3. The van der Waals surface area contributed by atoms with Gasteiger partial charge < -0.3 is 29.9 Å². The molecule has 5 rings (SSSR count). The molecule has 9 nitrogen and oxygen atoms in total. The second kappa shape index (κ2) is 11.7. The van der Waals surface area contributed by atoms with Gasteiger partial charge in [0, 0.05) is 37.1 Å². The molecule has 2 saturated heterocycles. The van der Waals surface area contributed by atoms with E-state index in [0.29, 0.717) is 26.8 Å². The van der Waals surface area contributed by atoms with Gasteiger partial charge in [0.2, 0.25) is 5.95 Å². The van der Waals surface area contributed by atoms with Gasteiger partial charge in [-0.05, 0) is 78.3 Å². The third kappa shape index (κ3) is 5.83. The van der Waals surface area contributed by atoms with Gasteiger partial charge in [-0.3, -0.25) is 0 Å². The second-order valence-electron chi connectivity index (χ2n) is 9.14. The number of anilines is 5. The Hall–Kier alpha value is -2.89. The Morgan fingerprint density at radius 3 is 2.59 bits per heavy atom. The minimum atomic E-state index is -0.397. The number of ether oxygens (including phenoxy) is 2. The molecule has 0 aliphatic carbocycles. The summed E-state index contributed by atoms with van der Waals surface area (Å²) >= 11 is 4.79. The van der Waals surface area contributed by atoms with Crippen molar-refractivity contribution in [3.63, 3.8) is 0 Å². The van der Waals surface area contributed by atoms with Gasteiger partial charge in [-0.2, -0.15) is 4.98 Å². The van der Waals surface area contributed by atoms with Crippen molar-refractivity contribution in [2.24, 2.45) is 0 Å². The van der Waals surface area contributed by atoms with Crippen molar-refractivity contribution in [1.29, 1.82) is 0 Å². The fourth-order valence-electron chi connectivity index (χ4n) is 5.00. The molecule has 196 valence electrons. The molecular weight excluding hydrogens is 556 g/mol. The van der Waals surface area contributed by atoms with Crippen molar-refractivity contribution in [3.05, 3.63) is 45.2 Å². The van der Waals surface area contributed by atoms with Gasteiger partial charge in [0.1, 0.15) is 16.4 Å². The smallest absolute Gasteiger partial charge is 0.350 e. The normalized spacial score (nSPS) is 16.6. The first kappa shape index (κ1) is 25.7. The van der Waals surface area contributed by atoms with Crippen molar-refractivity contribution in [2.45, 2.75) is 31.7 Å². The number of carbonyl (C=O) groups excluding carboxylic acids is 1. The van der Waals surface area contributed by atoms with Crippen LogP contribution in [0, 0.1) is 0 Å². The molecule has 4 heterocycles. The molecule has 0 spiro atoms. The molecule has 1 aromatic carbocycles. The van der Waals surface area contributed by atoms with E-state index in [4.69, 9.17) is 9.47 Å². The molecule has 0 amide bonds. The van der Waals surface area contributed by atoms with E-state index >= 15 is 0 Å². The van der Waals surface area contributed by atoms with Crippen LogP contribution in [0.5, 0.6) is 5.75 Å². The lowest BCUT2D eigenvalue weighted by Gasteiger charge is -2.38. The maximum atomic E-state index is 12.0. The zero-order valence-corrected chi connectivity index (χ0v) is 23.4. The number of benzene rings is 1. The Morgan fingerprint density at radius 1 is 1.08 bits per heavy atom. The lowest BCUT2D eigenvalue weighted by molar-refractivity contribution is 0.0607. The van der Waals surface area contributed by atoms with Gasteiger partial charge in [-0.1, -0.05) is 0 Å². The van der Waals surface area contributed by atoms with E-state index in [9.17, 15) is 4.79 Å². The lowest BCUT2D eigenvalue weighted by Crippen LogP contribution is -2.43. The van der Waals surface area contributed by atoms with Gasteiger partial charge >= 0.3 is 5.97 Å². The number of methoxy groups -OCH3 is 2. The second-order valence-corrected chi connectivity index (χ2v) is 10.9. The molecule has 11 heteroatoms. The Kier molecular flexibility index (Phi) is 8.11. The van der Waals surface area contributed by atoms with Gasteiger partial charge in [-0.15, -0.1) is 11.3 Å². The van der Waals surface area contributed by atoms with E-state index in [1.54, 1.807) is 13.3 Å². The van der Waals surface area contributed by atoms with Gasteiger partial charge in [0.15, 0.2) is 0 Å². The number of likely N-dealkylation sites (tertiary alicyclic amines) is 1. The van der Waals surface area contributed by atoms with Crippen LogP contribution in [-0.4, -0.2) is 67.3 Å². The number of carbonyl (C=O) groups is 1. The zero-order chi connectivity index (χ0) is 25.8. The number of piperidine rings is 1. The van der Waals surface area contributed by atoms with Crippen LogP contribution in [0.25, 0.3) is 0 Å². The molecule has 0 unspecified atom stereocenters. The predicted octanol–water partition coefficient (Wildman–Crippen LogP) is 5.65. The predicted molar refractivity (Wildman–Crippen MR) is 151 cm³/mol. The van der Waals surface area contributed by atoms with E-state index in [1.165, 1.54) is 57.2 Å². The summed E-state index contributed by atoms with van der Waals surface area (Å²) in [5.74, 6) is 1.26. The molecule has 0 atom stereocenters. The SMILES string of the molecule is COC(=O)c1sccc1Nc1nc(Nc2ccc(N3CCC(N4CCCC4)CC3)cc2OC)ncc1Br. The molecule has 0 bridgehead atoms. The van der Waals surface area contributed by atoms with Crippen LogP contribution < -0.4 is 20.3 Å². The number of hydrogen-bond donors (Lipinski definition) is 2. The monoisotopic (exact) mass is 586 g/mol. The highest BCUT2D eigenvalue weighted by Gasteiger charge is 2.27. The highest BCUT2D eigenvalue weighted by atomic mass is 79.9. The molecule has 2 aliphatic heterocycles. The number of thiophene rings is 1. The van der Waals surface area contributed by atoms with Crippen molar-refractivity contribution in [2.75, 3.05) is 55.9 Å². The zero-order valence-electron chi connectivity index (χ0n) is 21.0. The topological polar surface area (TPSA) is 91.8 Å². The van der Waals surface area contributed by atoms with E-state index in [1.807, 2.05) is 17.5 Å².